The van der Waals surface area contributed by atoms with Gasteiger partial charge in [-0.2, -0.15) is 13.2 Å². The first-order valence-corrected chi connectivity index (χ1v) is 9.02. The van der Waals surface area contributed by atoms with Crippen molar-refractivity contribution in [2.45, 2.75) is 36.5 Å². The van der Waals surface area contributed by atoms with Crippen molar-refractivity contribution in [3.63, 3.8) is 0 Å². The molecule has 29 heavy (non-hydrogen) atoms. The van der Waals surface area contributed by atoms with Gasteiger partial charge in [-0.25, -0.2) is 14.4 Å². The third-order valence-corrected chi connectivity index (χ3v) is 5.34. The summed E-state index contributed by atoms with van der Waals surface area (Å²) in [5.41, 5.74) is -1.72. The Kier molecular flexibility index (Phi) is 4.56. The number of amides is 1. The predicted octanol–water partition coefficient (Wildman–Crippen LogP) is 3.57. The first-order chi connectivity index (χ1) is 13.6. The van der Waals surface area contributed by atoms with Gasteiger partial charge < -0.3 is 15.4 Å². The van der Waals surface area contributed by atoms with Crippen LogP contribution in [-0.4, -0.2) is 33.6 Å². The summed E-state index contributed by atoms with van der Waals surface area (Å²) in [6.07, 6.45) is -0.954. The minimum atomic E-state index is -4.53. The topological polar surface area (TPSA) is 76.1 Å². The van der Waals surface area contributed by atoms with Crippen LogP contribution < -0.4 is 15.4 Å². The monoisotopic (exact) mass is 430 g/mol. The van der Waals surface area contributed by atoms with Gasteiger partial charge in [-0.1, -0.05) is 11.6 Å². The fraction of sp³-hybridized carbons (Fsp3) is 0.389. The maximum absolute atomic E-state index is 13.4. The second-order valence-corrected chi connectivity index (χ2v) is 7.82. The number of rotatable bonds is 6. The highest BCUT2D eigenvalue weighted by molar-refractivity contribution is 6.30. The number of alkyl halides is 3. The molecule has 2 aromatic rings. The van der Waals surface area contributed by atoms with Crippen LogP contribution in [0.5, 0.6) is 5.75 Å². The van der Waals surface area contributed by atoms with E-state index in [0.29, 0.717) is 25.5 Å². The zero-order valence-electron chi connectivity index (χ0n) is 14.8. The molecule has 3 fully saturated rings. The number of halogens is 5. The second kappa shape index (κ2) is 6.72. The van der Waals surface area contributed by atoms with Crippen LogP contribution in [0.3, 0.4) is 0 Å². The summed E-state index contributed by atoms with van der Waals surface area (Å²) in [6.45, 7) is -0.270. The Hall–Kier alpha value is -2.62. The first-order valence-electron chi connectivity index (χ1n) is 8.65. The molecule has 5 rings (SSSR count). The molecule has 2 N–H and O–H groups in total. The largest absolute Gasteiger partial charge is 0.484 e. The van der Waals surface area contributed by atoms with Gasteiger partial charge in [-0.3, -0.25) is 4.79 Å². The Morgan fingerprint density at radius 3 is 2.48 bits per heavy atom. The minimum Gasteiger partial charge on any atom is -0.484 e. The summed E-state index contributed by atoms with van der Waals surface area (Å²) in [5.74, 6) is -0.532. The van der Waals surface area contributed by atoms with Crippen LogP contribution in [0.15, 0.2) is 30.6 Å². The predicted molar refractivity (Wildman–Crippen MR) is 95.0 cm³/mol. The SMILES string of the molecule is O=C(COc1ccc(Cl)c(F)c1)NC12CC(Nc3cnc(C(F)(F)F)cn3)(C1)C2. The number of hydrogen-bond donors (Lipinski definition) is 2. The van der Waals surface area contributed by atoms with E-state index in [2.05, 4.69) is 20.6 Å². The molecule has 1 aromatic carbocycles. The molecule has 154 valence electrons. The summed E-state index contributed by atoms with van der Waals surface area (Å²) in [6, 6.07) is 3.90. The molecule has 1 aromatic heterocycles. The average molecular weight is 431 g/mol. The van der Waals surface area contributed by atoms with Gasteiger partial charge in [0, 0.05) is 17.1 Å². The molecular weight excluding hydrogens is 416 g/mol. The lowest BCUT2D eigenvalue weighted by atomic mass is 9.44. The maximum Gasteiger partial charge on any atom is 0.434 e. The van der Waals surface area contributed by atoms with Gasteiger partial charge in [0.15, 0.2) is 12.3 Å². The summed E-state index contributed by atoms with van der Waals surface area (Å²) < 4.78 is 56.2. The third kappa shape index (κ3) is 3.93. The van der Waals surface area contributed by atoms with E-state index in [1.54, 1.807) is 0 Å². The van der Waals surface area contributed by atoms with Crippen molar-refractivity contribution in [3.8, 4) is 5.75 Å². The highest BCUT2D eigenvalue weighted by Crippen LogP contribution is 2.61. The van der Waals surface area contributed by atoms with Crippen molar-refractivity contribution in [1.82, 2.24) is 15.3 Å². The van der Waals surface area contributed by atoms with E-state index < -0.39 is 17.7 Å². The number of benzene rings is 1. The molecule has 0 radical (unpaired) electrons. The molecule has 3 aliphatic carbocycles. The summed E-state index contributed by atoms with van der Waals surface area (Å²) in [7, 11) is 0. The molecule has 1 amide bonds. The fourth-order valence-corrected chi connectivity index (χ4v) is 4.03. The molecule has 0 spiro atoms. The van der Waals surface area contributed by atoms with Crippen molar-refractivity contribution in [3.05, 3.63) is 47.1 Å². The van der Waals surface area contributed by atoms with Crippen molar-refractivity contribution in [2.24, 2.45) is 0 Å². The molecule has 3 aliphatic rings. The second-order valence-electron chi connectivity index (χ2n) is 7.41. The Labute approximate surface area is 167 Å². The van der Waals surface area contributed by atoms with E-state index >= 15 is 0 Å². The molecule has 1 heterocycles. The van der Waals surface area contributed by atoms with Gasteiger partial charge >= 0.3 is 6.18 Å². The minimum absolute atomic E-state index is 0.0359. The highest BCUT2D eigenvalue weighted by atomic mass is 35.5. The summed E-state index contributed by atoms with van der Waals surface area (Å²) in [5, 5.41) is 5.94. The van der Waals surface area contributed by atoms with Crippen molar-refractivity contribution in [2.75, 3.05) is 11.9 Å². The van der Waals surface area contributed by atoms with Crippen LogP contribution in [0.2, 0.25) is 5.02 Å². The molecular formula is C18H15ClF4N4O2. The molecule has 0 aliphatic heterocycles. The fourth-order valence-electron chi connectivity index (χ4n) is 3.91. The molecule has 0 unspecified atom stereocenters. The maximum atomic E-state index is 13.4. The standard InChI is InChI=1S/C18H15ClF4N4O2/c19-11-2-1-10(3-12(11)20)29-6-15(28)27-17-7-16(8-17,9-17)26-14-5-24-13(4-25-14)18(21,22)23/h1-5H,6-9H2,(H,25,26)(H,27,28). The van der Waals surface area contributed by atoms with Crippen molar-refractivity contribution in [1.29, 1.82) is 0 Å². The highest BCUT2D eigenvalue weighted by Gasteiger charge is 2.69. The van der Waals surface area contributed by atoms with E-state index in [9.17, 15) is 22.4 Å². The molecule has 11 heteroatoms. The number of carbonyl (C=O) groups excluding carboxylic acids is 1. The average Bonchev–Trinajstić information content (AvgIpc) is 2.59. The number of ether oxygens (including phenoxy) is 1. The van der Waals surface area contributed by atoms with Crippen LogP contribution in [0, 0.1) is 5.82 Å². The quantitative estimate of drug-likeness (QED) is 0.685. The lowest BCUT2D eigenvalue weighted by molar-refractivity contribution is -0.141. The van der Waals surface area contributed by atoms with Gasteiger partial charge in [0.25, 0.3) is 5.91 Å². The van der Waals surface area contributed by atoms with E-state index in [0.717, 1.165) is 12.3 Å². The van der Waals surface area contributed by atoms with Gasteiger partial charge in [0.1, 0.15) is 17.4 Å². The molecule has 0 atom stereocenters. The molecule has 0 saturated heterocycles. The lowest BCUT2D eigenvalue weighted by Crippen LogP contribution is -2.81. The zero-order valence-corrected chi connectivity index (χ0v) is 15.6. The van der Waals surface area contributed by atoms with Crippen molar-refractivity contribution >= 4 is 23.3 Å². The number of nitrogens with zero attached hydrogens (tertiary/aromatic N) is 2. The molecule has 3 saturated carbocycles. The van der Waals surface area contributed by atoms with Gasteiger partial charge in [-0.05, 0) is 31.4 Å². The van der Waals surface area contributed by atoms with Crippen LogP contribution in [-0.2, 0) is 11.0 Å². The Balaban J connectivity index is 1.24. The van der Waals surface area contributed by atoms with E-state index in [4.69, 9.17) is 16.3 Å². The zero-order chi connectivity index (χ0) is 20.9. The van der Waals surface area contributed by atoms with E-state index in [1.807, 2.05) is 0 Å². The van der Waals surface area contributed by atoms with Crippen LogP contribution >= 0.6 is 11.6 Å². The number of hydrogen-bond acceptors (Lipinski definition) is 5. The number of anilines is 1. The summed E-state index contributed by atoms with van der Waals surface area (Å²) >= 11 is 5.59. The van der Waals surface area contributed by atoms with Crippen LogP contribution in [0.1, 0.15) is 25.0 Å². The Bertz CT molecular complexity index is 932. The van der Waals surface area contributed by atoms with Gasteiger partial charge in [0.05, 0.1) is 17.4 Å². The van der Waals surface area contributed by atoms with Crippen molar-refractivity contribution < 1.29 is 27.1 Å². The number of nitrogens with one attached hydrogen (secondary N) is 2. The number of aromatic nitrogens is 2. The van der Waals surface area contributed by atoms with Crippen LogP contribution in [0.25, 0.3) is 0 Å². The van der Waals surface area contributed by atoms with Gasteiger partial charge in [-0.15, -0.1) is 0 Å². The third-order valence-electron chi connectivity index (χ3n) is 5.03. The number of carbonyl (C=O) groups is 1. The Morgan fingerprint density at radius 2 is 1.90 bits per heavy atom. The van der Waals surface area contributed by atoms with Crippen LogP contribution in [0.4, 0.5) is 23.4 Å². The summed E-state index contributed by atoms with van der Waals surface area (Å²) in [4.78, 5) is 19.2. The normalized spacial score (nSPS) is 24.9. The van der Waals surface area contributed by atoms with E-state index in [-0.39, 0.29) is 40.2 Å². The molecule has 6 nitrogen and oxygen atoms in total. The Morgan fingerprint density at radius 1 is 1.17 bits per heavy atom. The molecule has 2 bridgehead atoms. The first kappa shape index (κ1) is 19.7. The smallest absolute Gasteiger partial charge is 0.434 e. The lowest BCUT2D eigenvalue weighted by Gasteiger charge is -2.70. The van der Waals surface area contributed by atoms with Gasteiger partial charge in [0.2, 0.25) is 0 Å². The van der Waals surface area contributed by atoms with E-state index in [1.165, 1.54) is 12.1 Å².